The third kappa shape index (κ3) is 5.16. The predicted octanol–water partition coefficient (Wildman–Crippen LogP) is 3.05. The fraction of sp³-hybridized carbons (Fsp3) is 0.333. The van der Waals surface area contributed by atoms with Crippen molar-refractivity contribution in [1.29, 1.82) is 0 Å². The molecule has 0 atom stereocenters. The molecule has 150 valence electrons. The first kappa shape index (κ1) is 21.1. The molecular formula is C21H25NO6. The Labute approximate surface area is 164 Å². The van der Waals surface area contributed by atoms with E-state index in [-0.39, 0.29) is 13.0 Å². The van der Waals surface area contributed by atoms with Gasteiger partial charge in [-0.2, -0.15) is 0 Å². The van der Waals surface area contributed by atoms with E-state index in [1.807, 2.05) is 26.0 Å². The molecule has 0 aliphatic carbocycles. The van der Waals surface area contributed by atoms with Crippen molar-refractivity contribution in [3.8, 4) is 17.2 Å². The van der Waals surface area contributed by atoms with Gasteiger partial charge in [-0.15, -0.1) is 0 Å². The molecule has 7 nitrogen and oxygen atoms in total. The molecule has 0 bridgehead atoms. The molecule has 0 saturated carbocycles. The van der Waals surface area contributed by atoms with Crippen LogP contribution in [0.2, 0.25) is 0 Å². The van der Waals surface area contributed by atoms with E-state index in [2.05, 4.69) is 5.32 Å². The van der Waals surface area contributed by atoms with Crippen molar-refractivity contribution in [1.82, 2.24) is 0 Å². The molecule has 0 aromatic heterocycles. The Morgan fingerprint density at radius 2 is 1.61 bits per heavy atom. The van der Waals surface area contributed by atoms with Gasteiger partial charge in [0.05, 0.1) is 27.8 Å². The highest BCUT2D eigenvalue weighted by molar-refractivity contribution is 5.93. The fourth-order valence-electron chi connectivity index (χ4n) is 2.67. The van der Waals surface area contributed by atoms with Gasteiger partial charge in [0, 0.05) is 5.69 Å². The molecule has 0 saturated heterocycles. The van der Waals surface area contributed by atoms with E-state index in [0.717, 1.165) is 11.1 Å². The van der Waals surface area contributed by atoms with Crippen LogP contribution in [0, 0.1) is 13.8 Å². The molecule has 0 unspecified atom stereocenters. The molecule has 0 spiro atoms. The number of carbonyl (C=O) groups excluding carboxylic acids is 2. The van der Waals surface area contributed by atoms with Crippen LogP contribution in [0.25, 0.3) is 0 Å². The molecule has 1 N–H and O–H groups in total. The summed E-state index contributed by atoms with van der Waals surface area (Å²) in [5.41, 5.74) is 3.36. The van der Waals surface area contributed by atoms with Gasteiger partial charge in [0.25, 0.3) is 5.91 Å². The number of ether oxygens (including phenoxy) is 4. The first-order chi connectivity index (χ1) is 13.4. The van der Waals surface area contributed by atoms with Gasteiger partial charge in [-0.3, -0.25) is 9.59 Å². The lowest BCUT2D eigenvalue weighted by molar-refractivity contribution is -0.146. The van der Waals surface area contributed by atoms with E-state index < -0.39 is 11.9 Å². The van der Waals surface area contributed by atoms with Crippen molar-refractivity contribution in [2.24, 2.45) is 0 Å². The second-order valence-electron chi connectivity index (χ2n) is 6.17. The fourth-order valence-corrected chi connectivity index (χ4v) is 2.67. The highest BCUT2D eigenvalue weighted by atomic mass is 16.5. The summed E-state index contributed by atoms with van der Waals surface area (Å²) < 4.78 is 20.9. The Morgan fingerprint density at radius 1 is 0.964 bits per heavy atom. The van der Waals surface area contributed by atoms with E-state index >= 15 is 0 Å². The Hall–Kier alpha value is -3.22. The quantitative estimate of drug-likeness (QED) is 0.701. The molecule has 0 aliphatic heterocycles. The van der Waals surface area contributed by atoms with Gasteiger partial charge in [-0.05, 0) is 48.7 Å². The summed E-state index contributed by atoms with van der Waals surface area (Å²) in [4.78, 5) is 24.2. The molecule has 1 amide bonds. The highest BCUT2D eigenvalue weighted by Crippen LogP contribution is 2.38. The molecule has 2 aromatic carbocycles. The SMILES string of the molecule is COc1cc(CC(=O)OCC(=O)Nc2cccc(C)c2C)cc(OC)c1OC. The van der Waals surface area contributed by atoms with Crippen LogP contribution in [0.4, 0.5) is 5.69 Å². The van der Waals surface area contributed by atoms with Crippen molar-refractivity contribution in [3.05, 3.63) is 47.0 Å². The second-order valence-corrected chi connectivity index (χ2v) is 6.17. The zero-order valence-electron chi connectivity index (χ0n) is 16.8. The Bertz CT molecular complexity index is 837. The number of rotatable bonds is 8. The van der Waals surface area contributed by atoms with Crippen LogP contribution < -0.4 is 19.5 Å². The Balaban J connectivity index is 1.97. The number of anilines is 1. The largest absolute Gasteiger partial charge is 0.493 e. The van der Waals surface area contributed by atoms with E-state index in [4.69, 9.17) is 18.9 Å². The summed E-state index contributed by atoms with van der Waals surface area (Å²) in [6.07, 6.45) is -0.0343. The Morgan fingerprint density at radius 3 is 2.18 bits per heavy atom. The summed E-state index contributed by atoms with van der Waals surface area (Å²) in [6, 6.07) is 8.95. The van der Waals surface area contributed by atoms with Gasteiger partial charge in [-0.1, -0.05) is 12.1 Å². The number of benzene rings is 2. The number of hydrogen-bond donors (Lipinski definition) is 1. The van der Waals surface area contributed by atoms with Crippen molar-refractivity contribution in [2.45, 2.75) is 20.3 Å². The minimum Gasteiger partial charge on any atom is -0.493 e. The van der Waals surface area contributed by atoms with Gasteiger partial charge < -0.3 is 24.3 Å². The minimum atomic E-state index is -0.537. The zero-order chi connectivity index (χ0) is 20.7. The maximum atomic E-state index is 12.1. The van der Waals surface area contributed by atoms with Crippen LogP contribution in [0.15, 0.2) is 30.3 Å². The van der Waals surface area contributed by atoms with Crippen molar-refractivity contribution in [2.75, 3.05) is 33.3 Å². The molecule has 0 heterocycles. The van der Waals surface area contributed by atoms with Crippen LogP contribution >= 0.6 is 0 Å². The summed E-state index contributed by atoms with van der Waals surface area (Å²) in [5.74, 6) is 0.391. The average Bonchev–Trinajstić information content (AvgIpc) is 2.69. The number of carbonyl (C=O) groups is 2. The molecule has 0 aliphatic rings. The first-order valence-electron chi connectivity index (χ1n) is 8.70. The van der Waals surface area contributed by atoms with Crippen LogP contribution in [-0.2, 0) is 20.7 Å². The van der Waals surface area contributed by atoms with Crippen LogP contribution in [0.3, 0.4) is 0 Å². The molecule has 2 rings (SSSR count). The van der Waals surface area contributed by atoms with Crippen LogP contribution in [0.5, 0.6) is 17.2 Å². The molecule has 2 aromatic rings. The summed E-state index contributed by atoms with van der Waals surface area (Å²) in [7, 11) is 4.50. The van der Waals surface area contributed by atoms with Gasteiger partial charge in [0.15, 0.2) is 18.1 Å². The summed E-state index contributed by atoms with van der Waals surface area (Å²) in [5, 5.41) is 2.75. The van der Waals surface area contributed by atoms with Crippen LogP contribution in [0.1, 0.15) is 16.7 Å². The standard InChI is InChI=1S/C21H25NO6/c1-13-7-6-8-16(14(13)2)22-19(23)12-28-20(24)11-15-9-17(25-3)21(27-5)18(10-15)26-4/h6-10H,11-12H2,1-5H3,(H,22,23). The third-order valence-corrected chi connectivity index (χ3v) is 4.32. The third-order valence-electron chi connectivity index (χ3n) is 4.32. The van der Waals surface area contributed by atoms with Crippen molar-refractivity contribution in [3.63, 3.8) is 0 Å². The number of methoxy groups -OCH3 is 3. The maximum Gasteiger partial charge on any atom is 0.310 e. The second kappa shape index (κ2) is 9.64. The number of nitrogens with one attached hydrogen (secondary N) is 1. The van der Waals surface area contributed by atoms with E-state index in [1.165, 1.54) is 21.3 Å². The smallest absolute Gasteiger partial charge is 0.310 e. The topological polar surface area (TPSA) is 83.1 Å². The monoisotopic (exact) mass is 387 g/mol. The molecule has 0 fully saturated rings. The van der Waals surface area contributed by atoms with Crippen molar-refractivity contribution >= 4 is 17.6 Å². The van der Waals surface area contributed by atoms with E-state index in [0.29, 0.717) is 28.5 Å². The first-order valence-corrected chi connectivity index (χ1v) is 8.70. The lowest BCUT2D eigenvalue weighted by Crippen LogP contribution is -2.22. The summed E-state index contributed by atoms with van der Waals surface area (Å²) >= 11 is 0. The van der Waals surface area contributed by atoms with Crippen molar-refractivity contribution < 1.29 is 28.5 Å². The number of amides is 1. The molecule has 28 heavy (non-hydrogen) atoms. The summed E-state index contributed by atoms with van der Waals surface area (Å²) in [6.45, 7) is 3.51. The lowest BCUT2D eigenvalue weighted by atomic mass is 10.1. The maximum absolute atomic E-state index is 12.1. The normalized spacial score (nSPS) is 10.2. The average molecular weight is 387 g/mol. The van der Waals surface area contributed by atoms with E-state index in [9.17, 15) is 9.59 Å². The lowest BCUT2D eigenvalue weighted by Gasteiger charge is -2.14. The number of aryl methyl sites for hydroxylation is 1. The minimum absolute atomic E-state index is 0.0343. The zero-order valence-corrected chi connectivity index (χ0v) is 16.8. The number of hydrogen-bond acceptors (Lipinski definition) is 6. The number of esters is 1. The predicted molar refractivity (Wildman–Crippen MR) is 105 cm³/mol. The Kier molecular flexibility index (Phi) is 7.26. The van der Waals surface area contributed by atoms with Gasteiger partial charge >= 0.3 is 5.97 Å². The molecular weight excluding hydrogens is 362 g/mol. The highest BCUT2D eigenvalue weighted by Gasteiger charge is 2.16. The van der Waals surface area contributed by atoms with Gasteiger partial charge in [0.2, 0.25) is 5.75 Å². The van der Waals surface area contributed by atoms with Crippen LogP contribution in [-0.4, -0.2) is 39.8 Å². The van der Waals surface area contributed by atoms with Gasteiger partial charge in [0.1, 0.15) is 0 Å². The van der Waals surface area contributed by atoms with E-state index in [1.54, 1.807) is 18.2 Å². The molecule has 7 heteroatoms. The van der Waals surface area contributed by atoms with Gasteiger partial charge in [-0.25, -0.2) is 0 Å². The molecule has 0 radical (unpaired) electrons.